The summed E-state index contributed by atoms with van der Waals surface area (Å²) < 4.78 is 7.09. The van der Waals surface area contributed by atoms with Gasteiger partial charge >= 0.3 is 0 Å². The second kappa shape index (κ2) is 6.50. The van der Waals surface area contributed by atoms with Crippen molar-refractivity contribution in [3.05, 3.63) is 50.4 Å². The molecule has 5 heteroatoms. The Bertz CT molecular complexity index is 630. The van der Waals surface area contributed by atoms with Gasteiger partial charge in [-0.3, -0.25) is 0 Å². The van der Waals surface area contributed by atoms with Crippen molar-refractivity contribution in [1.29, 1.82) is 0 Å². The van der Waals surface area contributed by atoms with Crippen LogP contribution in [-0.4, -0.2) is 12.2 Å². The molecule has 0 saturated heterocycles. The molecule has 0 aliphatic rings. The summed E-state index contributed by atoms with van der Waals surface area (Å²) in [5, 5.41) is 13.1. The van der Waals surface area contributed by atoms with Gasteiger partial charge in [0.05, 0.1) is 17.3 Å². The molecule has 0 unspecified atom stereocenters. The predicted molar refractivity (Wildman–Crippen MR) is 88.6 cm³/mol. The number of nitrogens with one attached hydrogen (secondary N) is 1. The normalized spacial score (nSPS) is 10.4. The van der Waals surface area contributed by atoms with Gasteiger partial charge in [-0.15, -0.1) is 0 Å². The van der Waals surface area contributed by atoms with Crippen molar-refractivity contribution >= 4 is 37.5 Å². The molecule has 0 aromatic heterocycles. The summed E-state index contributed by atoms with van der Waals surface area (Å²) in [7, 11) is 1.63. The summed E-state index contributed by atoms with van der Waals surface area (Å²) in [6.45, 7) is 2.54. The van der Waals surface area contributed by atoms with Gasteiger partial charge in [0.1, 0.15) is 11.5 Å². The Morgan fingerprint density at radius 1 is 1.15 bits per heavy atom. The first-order valence-electron chi connectivity index (χ1n) is 6.06. The minimum absolute atomic E-state index is 0.295. The fraction of sp³-hybridized carbons (Fsp3) is 0.200. The highest BCUT2D eigenvalue weighted by atomic mass is 79.9. The molecule has 0 radical (unpaired) electrons. The largest absolute Gasteiger partial charge is 0.508 e. The van der Waals surface area contributed by atoms with E-state index in [9.17, 15) is 5.11 Å². The van der Waals surface area contributed by atoms with E-state index in [0.717, 1.165) is 31.5 Å². The molecule has 0 heterocycles. The van der Waals surface area contributed by atoms with Crippen LogP contribution in [0.2, 0.25) is 0 Å². The molecular formula is C15H15Br2NO2. The predicted octanol–water partition coefficient (Wildman–Crippen LogP) is 4.85. The van der Waals surface area contributed by atoms with Gasteiger partial charge in [-0.05, 0) is 50.9 Å². The Morgan fingerprint density at radius 3 is 2.60 bits per heavy atom. The van der Waals surface area contributed by atoms with Crippen molar-refractivity contribution in [2.75, 3.05) is 12.4 Å². The topological polar surface area (TPSA) is 41.5 Å². The minimum atomic E-state index is 0.295. The fourth-order valence-electron chi connectivity index (χ4n) is 1.87. The second-order valence-electron chi connectivity index (χ2n) is 4.45. The van der Waals surface area contributed by atoms with Crippen molar-refractivity contribution in [2.45, 2.75) is 13.5 Å². The molecule has 0 amide bonds. The zero-order valence-corrected chi connectivity index (χ0v) is 14.4. The number of rotatable bonds is 4. The highest BCUT2D eigenvalue weighted by Gasteiger charge is 2.08. The number of methoxy groups -OCH3 is 1. The van der Waals surface area contributed by atoms with Gasteiger partial charge in [-0.2, -0.15) is 0 Å². The van der Waals surface area contributed by atoms with Crippen LogP contribution in [0.25, 0.3) is 0 Å². The number of anilines is 1. The number of benzene rings is 2. The first-order valence-corrected chi connectivity index (χ1v) is 7.65. The van der Waals surface area contributed by atoms with Crippen molar-refractivity contribution in [1.82, 2.24) is 0 Å². The number of hydrogen-bond acceptors (Lipinski definition) is 3. The standard InChI is InChI=1S/C15H15Br2NO2/c1-9-3-4-14(19)10(5-9)8-18-13-7-15(20-2)12(17)6-11(13)16/h3-7,18-19H,8H2,1-2H3. The van der Waals surface area contributed by atoms with Gasteiger partial charge in [-0.1, -0.05) is 17.7 Å². The second-order valence-corrected chi connectivity index (χ2v) is 6.16. The average Bonchev–Trinajstić information content (AvgIpc) is 2.41. The molecule has 0 fully saturated rings. The Morgan fingerprint density at radius 2 is 1.90 bits per heavy atom. The summed E-state index contributed by atoms with van der Waals surface area (Å²) in [6, 6.07) is 9.39. The molecule has 2 rings (SSSR count). The fourth-order valence-corrected chi connectivity index (χ4v) is 3.16. The van der Waals surface area contributed by atoms with E-state index in [2.05, 4.69) is 37.2 Å². The highest BCUT2D eigenvalue weighted by Crippen LogP contribution is 2.35. The quantitative estimate of drug-likeness (QED) is 0.770. The van der Waals surface area contributed by atoms with Crippen LogP contribution in [0.5, 0.6) is 11.5 Å². The average molecular weight is 401 g/mol. The number of halogens is 2. The van der Waals surface area contributed by atoms with Crippen LogP contribution in [0.4, 0.5) is 5.69 Å². The number of hydrogen-bond donors (Lipinski definition) is 2. The monoisotopic (exact) mass is 399 g/mol. The van der Waals surface area contributed by atoms with Crippen molar-refractivity contribution in [3.8, 4) is 11.5 Å². The van der Waals surface area contributed by atoms with Crippen LogP contribution in [0.15, 0.2) is 39.3 Å². The van der Waals surface area contributed by atoms with E-state index in [0.29, 0.717) is 12.3 Å². The Labute approximate surface area is 135 Å². The van der Waals surface area contributed by atoms with E-state index >= 15 is 0 Å². The molecule has 2 N–H and O–H groups in total. The molecule has 0 aliphatic carbocycles. The van der Waals surface area contributed by atoms with Gasteiger partial charge in [0.25, 0.3) is 0 Å². The molecule has 0 bridgehead atoms. The Balaban J connectivity index is 2.20. The zero-order valence-electron chi connectivity index (χ0n) is 11.2. The third kappa shape index (κ3) is 3.46. The molecule has 0 atom stereocenters. The Kier molecular flexibility index (Phi) is 4.94. The molecule has 20 heavy (non-hydrogen) atoms. The molecule has 0 spiro atoms. The number of aromatic hydroxyl groups is 1. The lowest BCUT2D eigenvalue weighted by atomic mass is 10.1. The van der Waals surface area contributed by atoms with Gasteiger partial charge in [0.2, 0.25) is 0 Å². The summed E-state index contributed by atoms with van der Waals surface area (Å²) in [4.78, 5) is 0. The number of ether oxygens (including phenoxy) is 1. The summed E-state index contributed by atoms with van der Waals surface area (Å²) >= 11 is 6.94. The lowest BCUT2D eigenvalue weighted by Gasteiger charge is -2.13. The molecule has 2 aromatic rings. The zero-order chi connectivity index (χ0) is 14.7. The first kappa shape index (κ1) is 15.2. The van der Waals surface area contributed by atoms with Crippen LogP contribution >= 0.6 is 31.9 Å². The van der Waals surface area contributed by atoms with Gasteiger partial charge in [-0.25, -0.2) is 0 Å². The van der Waals surface area contributed by atoms with E-state index in [1.165, 1.54) is 0 Å². The van der Waals surface area contributed by atoms with E-state index in [1.807, 2.05) is 31.2 Å². The van der Waals surface area contributed by atoms with Crippen molar-refractivity contribution in [2.24, 2.45) is 0 Å². The highest BCUT2D eigenvalue weighted by molar-refractivity contribution is 9.11. The van der Waals surface area contributed by atoms with Crippen molar-refractivity contribution < 1.29 is 9.84 Å². The third-order valence-electron chi connectivity index (χ3n) is 2.95. The maximum atomic E-state index is 9.84. The molecular weight excluding hydrogens is 386 g/mol. The number of phenolic OH excluding ortho intramolecular Hbond substituents is 1. The molecule has 106 valence electrons. The SMILES string of the molecule is COc1cc(NCc2cc(C)ccc2O)c(Br)cc1Br. The van der Waals surface area contributed by atoms with E-state index in [-0.39, 0.29) is 0 Å². The Hall–Kier alpha value is -1.20. The van der Waals surface area contributed by atoms with Crippen LogP contribution < -0.4 is 10.1 Å². The van der Waals surface area contributed by atoms with Crippen LogP contribution in [0.1, 0.15) is 11.1 Å². The lowest BCUT2D eigenvalue weighted by Crippen LogP contribution is -2.01. The molecule has 2 aromatic carbocycles. The van der Waals surface area contributed by atoms with Crippen LogP contribution in [0.3, 0.4) is 0 Å². The van der Waals surface area contributed by atoms with Crippen LogP contribution in [-0.2, 0) is 6.54 Å². The van der Waals surface area contributed by atoms with E-state index in [4.69, 9.17) is 4.74 Å². The van der Waals surface area contributed by atoms with Crippen molar-refractivity contribution in [3.63, 3.8) is 0 Å². The maximum Gasteiger partial charge on any atom is 0.135 e. The van der Waals surface area contributed by atoms with E-state index in [1.54, 1.807) is 13.2 Å². The molecule has 0 aliphatic heterocycles. The first-order chi connectivity index (χ1) is 9.51. The van der Waals surface area contributed by atoms with Gasteiger partial charge in [0.15, 0.2) is 0 Å². The summed E-state index contributed by atoms with van der Waals surface area (Å²) in [5.41, 5.74) is 2.89. The molecule has 0 saturated carbocycles. The maximum absolute atomic E-state index is 9.84. The summed E-state index contributed by atoms with van der Waals surface area (Å²) in [6.07, 6.45) is 0. The molecule has 3 nitrogen and oxygen atoms in total. The van der Waals surface area contributed by atoms with E-state index < -0.39 is 0 Å². The lowest BCUT2D eigenvalue weighted by molar-refractivity contribution is 0.412. The van der Waals surface area contributed by atoms with Gasteiger partial charge in [0, 0.05) is 22.6 Å². The van der Waals surface area contributed by atoms with Crippen LogP contribution in [0, 0.1) is 6.92 Å². The number of phenols is 1. The summed E-state index contributed by atoms with van der Waals surface area (Å²) in [5.74, 6) is 1.05. The number of aryl methyl sites for hydroxylation is 1. The van der Waals surface area contributed by atoms with Gasteiger partial charge < -0.3 is 15.2 Å². The minimum Gasteiger partial charge on any atom is -0.508 e. The third-order valence-corrected chi connectivity index (χ3v) is 4.22. The smallest absolute Gasteiger partial charge is 0.135 e.